The number of likely N-dealkylation sites (tertiary alicyclic amines) is 1. The van der Waals surface area contributed by atoms with Crippen LogP contribution in [0.3, 0.4) is 0 Å². The molecule has 0 amide bonds. The van der Waals surface area contributed by atoms with Crippen molar-refractivity contribution in [3.63, 3.8) is 0 Å². The van der Waals surface area contributed by atoms with E-state index in [-0.39, 0.29) is 0 Å². The van der Waals surface area contributed by atoms with Crippen LogP contribution >= 0.6 is 11.6 Å². The zero-order valence-electron chi connectivity index (χ0n) is 11.6. The number of ether oxygens (including phenoxy) is 1. The number of aliphatic carboxylic acids is 1. The summed E-state index contributed by atoms with van der Waals surface area (Å²) in [4.78, 5) is 13.8. The van der Waals surface area contributed by atoms with Crippen LogP contribution in [0.1, 0.15) is 37.3 Å². The molecule has 0 aromatic heterocycles. The van der Waals surface area contributed by atoms with Crippen LogP contribution in [-0.2, 0) is 4.79 Å². The van der Waals surface area contributed by atoms with Gasteiger partial charge in [-0.3, -0.25) is 9.69 Å². The van der Waals surface area contributed by atoms with Crippen molar-refractivity contribution in [2.24, 2.45) is 0 Å². The van der Waals surface area contributed by atoms with Gasteiger partial charge in [0.15, 0.2) is 0 Å². The van der Waals surface area contributed by atoms with E-state index in [1.165, 1.54) is 7.11 Å². The molecule has 2 rings (SSSR count). The molecular formula is C15H20ClNO3. The van der Waals surface area contributed by atoms with E-state index in [0.29, 0.717) is 16.3 Å². The Morgan fingerprint density at radius 3 is 2.50 bits per heavy atom. The Morgan fingerprint density at radius 1 is 1.30 bits per heavy atom. The summed E-state index contributed by atoms with van der Waals surface area (Å²) in [5, 5.41) is 10.1. The predicted octanol–water partition coefficient (Wildman–Crippen LogP) is 3.35. The highest BCUT2D eigenvalue weighted by molar-refractivity contribution is 6.31. The smallest absolute Gasteiger partial charge is 0.325 e. The molecular weight excluding hydrogens is 278 g/mol. The molecule has 1 aliphatic heterocycles. The first-order valence-corrected chi connectivity index (χ1v) is 7.32. The van der Waals surface area contributed by atoms with Crippen molar-refractivity contribution in [2.75, 3.05) is 20.2 Å². The standard InChI is InChI=1S/C15H20ClNO3/c1-20-12-8-6-7-11(16)13(12)14(15(18)19)17-9-4-2-3-5-10-17/h6-8,14H,2-5,9-10H2,1H3,(H,18,19). The van der Waals surface area contributed by atoms with Gasteiger partial charge in [0, 0.05) is 10.6 Å². The van der Waals surface area contributed by atoms with E-state index in [4.69, 9.17) is 16.3 Å². The molecule has 20 heavy (non-hydrogen) atoms. The Hall–Kier alpha value is -1.26. The highest BCUT2D eigenvalue weighted by atomic mass is 35.5. The lowest BCUT2D eigenvalue weighted by molar-refractivity contribution is -0.143. The molecule has 1 aromatic carbocycles. The molecule has 1 fully saturated rings. The fourth-order valence-corrected chi connectivity index (χ4v) is 3.05. The van der Waals surface area contributed by atoms with Crippen molar-refractivity contribution in [3.05, 3.63) is 28.8 Å². The Labute approximate surface area is 124 Å². The van der Waals surface area contributed by atoms with E-state index in [2.05, 4.69) is 0 Å². The number of hydrogen-bond acceptors (Lipinski definition) is 3. The van der Waals surface area contributed by atoms with Crippen LogP contribution in [-0.4, -0.2) is 36.2 Å². The molecule has 1 atom stereocenters. The zero-order chi connectivity index (χ0) is 14.5. The summed E-state index contributed by atoms with van der Waals surface area (Å²) in [7, 11) is 1.54. The minimum Gasteiger partial charge on any atom is -0.496 e. The van der Waals surface area contributed by atoms with Crippen molar-refractivity contribution in [1.29, 1.82) is 0 Å². The number of rotatable bonds is 4. The Bertz CT molecular complexity index is 470. The molecule has 5 heteroatoms. The van der Waals surface area contributed by atoms with E-state index in [1.54, 1.807) is 18.2 Å². The van der Waals surface area contributed by atoms with Gasteiger partial charge in [0.1, 0.15) is 11.8 Å². The minimum atomic E-state index is -0.877. The van der Waals surface area contributed by atoms with E-state index < -0.39 is 12.0 Å². The van der Waals surface area contributed by atoms with Gasteiger partial charge in [-0.1, -0.05) is 30.5 Å². The normalized spacial score (nSPS) is 18.3. The third-order valence-corrected chi connectivity index (χ3v) is 4.08. The molecule has 0 saturated carbocycles. The van der Waals surface area contributed by atoms with Gasteiger partial charge < -0.3 is 9.84 Å². The molecule has 0 bridgehead atoms. The number of hydrogen-bond donors (Lipinski definition) is 1. The summed E-state index contributed by atoms with van der Waals surface area (Å²) in [6.07, 6.45) is 4.36. The largest absolute Gasteiger partial charge is 0.496 e. The lowest BCUT2D eigenvalue weighted by atomic mass is 10.0. The third kappa shape index (κ3) is 3.25. The first kappa shape index (κ1) is 15.1. The first-order chi connectivity index (χ1) is 9.65. The quantitative estimate of drug-likeness (QED) is 0.926. The van der Waals surface area contributed by atoms with Gasteiger partial charge in [-0.2, -0.15) is 0 Å². The maximum absolute atomic E-state index is 11.8. The molecule has 1 heterocycles. The Kier molecular flexibility index (Phi) is 5.26. The highest BCUT2D eigenvalue weighted by Crippen LogP contribution is 2.36. The maximum Gasteiger partial charge on any atom is 0.325 e. The van der Waals surface area contributed by atoms with Crippen molar-refractivity contribution < 1.29 is 14.6 Å². The molecule has 0 aliphatic carbocycles. The van der Waals surface area contributed by atoms with Gasteiger partial charge in [0.05, 0.1) is 7.11 Å². The topological polar surface area (TPSA) is 49.8 Å². The van der Waals surface area contributed by atoms with E-state index >= 15 is 0 Å². The van der Waals surface area contributed by atoms with Crippen LogP contribution in [0.5, 0.6) is 5.75 Å². The number of nitrogens with zero attached hydrogens (tertiary/aromatic N) is 1. The van der Waals surface area contributed by atoms with Crippen LogP contribution < -0.4 is 4.74 Å². The SMILES string of the molecule is COc1cccc(Cl)c1C(C(=O)O)N1CCCCCC1. The van der Waals surface area contributed by atoms with Crippen molar-refractivity contribution in [2.45, 2.75) is 31.7 Å². The average Bonchev–Trinajstić information content (AvgIpc) is 2.69. The van der Waals surface area contributed by atoms with Crippen LogP contribution in [0, 0.1) is 0 Å². The number of carboxylic acids is 1. The average molecular weight is 298 g/mol. The van der Waals surface area contributed by atoms with Gasteiger partial charge in [-0.25, -0.2) is 0 Å². The second kappa shape index (κ2) is 6.95. The predicted molar refractivity (Wildman–Crippen MR) is 78.4 cm³/mol. The van der Waals surface area contributed by atoms with Crippen LogP contribution in [0.25, 0.3) is 0 Å². The summed E-state index contributed by atoms with van der Waals surface area (Å²) >= 11 is 6.24. The molecule has 1 N–H and O–H groups in total. The summed E-state index contributed by atoms with van der Waals surface area (Å²) in [5.74, 6) is -0.340. The second-order valence-electron chi connectivity index (χ2n) is 5.05. The molecule has 1 aromatic rings. The van der Waals surface area contributed by atoms with Crippen LogP contribution in [0.15, 0.2) is 18.2 Å². The zero-order valence-corrected chi connectivity index (χ0v) is 12.4. The number of methoxy groups -OCH3 is 1. The van der Waals surface area contributed by atoms with Crippen molar-refractivity contribution in [1.82, 2.24) is 4.90 Å². The van der Waals surface area contributed by atoms with Gasteiger partial charge in [-0.15, -0.1) is 0 Å². The Morgan fingerprint density at radius 2 is 1.95 bits per heavy atom. The van der Waals surface area contributed by atoms with Crippen molar-refractivity contribution >= 4 is 17.6 Å². The summed E-state index contributed by atoms with van der Waals surface area (Å²) < 4.78 is 5.30. The Balaban J connectivity index is 2.40. The van der Waals surface area contributed by atoms with Crippen LogP contribution in [0.2, 0.25) is 5.02 Å². The number of carbonyl (C=O) groups is 1. The van der Waals surface area contributed by atoms with E-state index in [1.807, 2.05) is 4.90 Å². The summed E-state index contributed by atoms with van der Waals surface area (Å²) in [6.45, 7) is 1.57. The molecule has 1 aliphatic rings. The van der Waals surface area contributed by atoms with E-state index in [9.17, 15) is 9.90 Å². The molecule has 1 saturated heterocycles. The summed E-state index contributed by atoms with van der Waals surface area (Å²) in [5.41, 5.74) is 0.561. The van der Waals surface area contributed by atoms with Gasteiger partial charge in [0.2, 0.25) is 0 Å². The molecule has 110 valence electrons. The molecule has 1 unspecified atom stereocenters. The first-order valence-electron chi connectivity index (χ1n) is 6.94. The summed E-state index contributed by atoms with van der Waals surface area (Å²) in [6, 6.07) is 4.51. The highest BCUT2D eigenvalue weighted by Gasteiger charge is 2.32. The number of carboxylic acid groups (broad SMARTS) is 1. The van der Waals surface area contributed by atoms with Gasteiger partial charge in [0.25, 0.3) is 0 Å². The van der Waals surface area contributed by atoms with Gasteiger partial charge >= 0.3 is 5.97 Å². The number of halogens is 1. The molecule has 0 radical (unpaired) electrons. The van der Waals surface area contributed by atoms with Crippen molar-refractivity contribution in [3.8, 4) is 5.75 Å². The molecule has 0 spiro atoms. The minimum absolute atomic E-state index is 0.445. The fraction of sp³-hybridized carbons (Fsp3) is 0.533. The van der Waals surface area contributed by atoms with E-state index in [0.717, 1.165) is 38.8 Å². The maximum atomic E-state index is 11.8. The number of benzene rings is 1. The lowest BCUT2D eigenvalue weighted by Gasteiger charge is -2.29. The lowest BCUT2D eigenvalue weighted by Crippen LogP contribution is -2.35. The van der Waals surface area contributed by atoms with Gasteiger partial charge in [-0.05, 0) is 38.1 Å². The second-order valence-corrected chi connectivity index (χ2v) is 5.45. The molecule has 4 nitrogen and oxygen atoms in total. The fourth-order valence-electron chi connectivity index (χ4n) is 2.78. The third-order valence-electron chi connectivity index (χ3n) is 3.75. The monoisotopic (exact) mass is 297 g/mol. The van der Waals surface area contributed by atoms with Crippen LogP contribution in [0.4, 0.5) is 0 Å².